The van der Waals surface area contributed by atoms with Crippen LogP contribution in [0.5, 0.6) is 0 Å². The van der Waals surface area contributed by atoms with Crippen LogP contribution in [-0.2, 0) is 4.79 Å². The first-order valence-electron chi connectivity index (χ1n) is 4.33. The molecule has 11 heavy (non-hydrogen) atoms. The molecule has 0 heterocycles. The van der Waals surface area contributed by atoms with Crippen LogP contribution in [-0.4, -0.2) is 17.0 Å². The van der Waals surface area contributed by atoms with Gasteiger partial charge in [0.2, 0.25) is 0 Å². The number of ketones is 1. The van der Waals surface area contributed by atoms with Crippen LogP contribution in [0.15, 0.2) is 0 Å². The molecule has 2 heteroatoms. The Bertz CT molecular complexity index is 196. The summed E-state index contributed by atoms with van der Waals surface area (Å²) in [7, 11) is 0. The van der Waals surface area contributed by atoms with Crippen molar-refractivity contribution < 1.29 is 9.90 Å². The maximum absolute atomic E-state index is 11.3. The predicted octanol–water partition coefficient (Wildman–Crippen LogP) is 1.13. The molecule has 0 amide bonds. The molecule has 0 spiro atoms. The lowest BCUT2D eigenvalue weighted by Gasteiger charge is -2.24. The fraction of sp³-hybridized carbons (Fsp3) is 0.889. The van der Waals surface area contributed by atoms with Crippen LogP contribution in [0.1, 0.15) is 32.6 Å². The molecule has 1 N–H and O–H groups in total. The van der Waals surface area contributed by atoms with Crippen molar-refractivity contribution >= 4 is 5.78 Å². The summed E-state index contributed by atoms with van der Waals surface area (Å²) in [5, 5.41) is 9.48. The molecular weight excluding hydrogens is 140 g/mol. The number of hydrogen-bond acceptors (Lipinski definition) is 2. The Morgan fingerprint density at radius 1 is 1.55 bits per heavy atom. The number of carbonyl (C=O) groups excluding carboxylic acids is 1. The molecule has 2 rings (SSSR count). The van der Waals surface area contributed by atoms with Crippen LogP contribution in [0.4, 0.5) is 0 Å². The Morgan fingerprint density at radius 2 is 2.27 bits per heavy atom. The molecule has 0 aromatic heterocycles. The van der Waals surface area contributed by atoms with Crippen molar-refractivity contribution in [3.05, 3.63) is 0 Å². The van der Waals surface area contributed by atoms with Gasteiger partial charge in [-0.15, -0.1) is 0 Å². The first-order valence-corrected chi connectivity index (χ1v) is 4.33. The number of aliphatic hydroxyl groups is 1. The Labute approximate surface area is 66.6 Å². The van der Waals surface area contributed by atoms with Crippen LogP contribution in [0, 0.1) is 11.3 Å². The lowest BCUT2D eigenvalue weighted by atomic mass is 9.80. The maximum Gasteiger partial charge on any atom is 0.136 e. The topological polar surface area (TPSA) is 37.3 Å². The van der Waals surface area contributed by atoms with Gasteiger partial charge in [-0.05, 0) is 38.5 Å². The van der Waals surface area contributed by atoms with Crippen LogP contribution in [0.2, 0.25) is 0 Å². The zero-order valence-corrected chi connectivity index (χ0v) is 6.84. The van der Waals surface area contributed by atoms with E-state index in [0.29, 0.717) is 5.92 Å². The van der Waals surface area contributed by atoms with Gasteiger partial charge in [0.15, 0.2) is 0 Å². The van der Waals surface area contributed by atoms with Gasteiger partial charge in [-0.2, -0.15) is 0 Å². The molecule has 3 atom stereocenters. The smallest absolute Gasteiger partial charge is 0.136 e. The van der Waals surface area contributed by atoms with Crippen molar-refractivity contribution in [2.24, 2.45) is 11.3 Å². The zero-order chi connectivity index (χ0) is 8.06. The number of hydrogen-bond donors (Lipinski definition) is 1. The summed E-state index contributed by atoms with van der Waals surface area (Å²) in [6, 6.07) is 0. The van der Waals surface area contributed by atoms with Crippen molar-refractivity contribution in [2.75, 3.05) is 0 Å². The summed E-state index contributed by atoms with van der Waals surface area (Å²) < 4.78 is 0. The SMILES string of the molecule is CC(=O)C12CCC(C1)C(O)C2. The van der Waals surface area contributed by atoms with E-state index in [0.717, 1.165) is 25.7 Å². The van der Waals surface area contributed by atoms with E-state index in [1.54, 1.807) is 6.92 Å². The van der Waals surface area contributed by atoms with E-state index in [-0.39, 0.29) is 17.3 Å². The van der Waals surface area contributed by atoms with Crippen molar-refractivity contribution in [2.45, 2.75) is 38.7 Å². The highest BCUT2D eigenvalue weighted by Crippen LogP contribution is 2.54. The van der Waals surface area contributed by atoms with E-state index in [4.69, 9.17) is 0 Å². The van der Waals surface area contributed by atoms with E-state index in [1.165, 1.54) is 0 Å². The number of rotatable bonds is 1. The van der Waals surface area contributed by atoms with Crippen LogP contribution in [0.3, 0.4) is 0 Å². The quantitative estimate of drug-likeness (QED) is 0.614. The molecule has 62 valence electrons. The van der Waals surface area contributed by atoms with Gasteiger partial charge in [0, 0.05) is 5.41 Å². The molecular formula is C9H14O2. The monoisotopic (exact) mass is 154 g/mol. The zero-order valence-electron chi connectivity index (χ0n) is 6.84. The van der Waals surface area contributed by atoms with E-state index >= 15 is 0 Å². The highest BCUT2D eigenvalue weighted by molar-refractivity contribution is 5.83. The Hall–Kier alpha value is -0.370. The van der Waals surface area contributed by atoms with Gasteiger partial charge in [-0.1, -0.05) is 0 Å². The number of fused-ring (bicyclic) bond motifs is 2. The van der Waals surface area contributed by atoms with Crippen molar-refractivity contribution in [1.82, 2.24) is 0 Å². The molecule has 0 aliphatic heterocycles. The maximum atomic E-state index is 11.3. The minimum absolute atomic E-state index is 0.107. The number of aliphatic hydroxyl groups excluding tert-OH is 1. The van der Waals surface area contributed by atoms with E-state index in [9.17, 15) is 9.90 Å². The Kier molecular flexibility index (Phi) is 1.37. The van der Waals surface area contributed by atoms with Gasteiger partial charge in [0.1, 0.15) is 5.78 Å². The van der Waals surface area contributed by atoms with Gasteiger partial charge in [-0.3, -0.25) is 4.79 Å². The van der Waals surface area contributed by atoms with Gasteiger partial charge in [-0.25, -0.2) is 0 Å². The fourth-order valence-corrected chi connectivity index (χ4v) is 2.71. The summed E-state index contributed by atoms with van der Waals surface area (Å²) in [4.78, 5) is 11.3. The highest BCUT2D eigenvalue weighted by atomic mass is 16.3. The van der Waals surface area contributed by atoms with Gasteiger partial charge >= 0.3 is 0 Å². The molecule has 2 aliphatic rings. The van der Waals surface area contributed by atoms with Crippen molar-refractivity contribution in [1.29, 1.82) is 0 Å². The Morgan fingerprint density at radius 3 is 2.55 bits per heavy atom. The predicted molar refractivity (Wildman–Crippen MR) is 41.1 cm³/mol. The molecule has 2 saturated carbocycles. The fourth-order valence-electron chi connectivity index (χ4n) is 2.71. The van der Waals surface area contributed by atoms with E-state index in [1.807, 2.05) is 0 Å². The molecule has 3 unspecified atom stereocenters. The lowest BCUT2D eigenvalue weighted by molar-refractivity contribution is -0.126. The molecule has 2 fully saturated rings. The second-order valence-electron chi connectivity index (χ2n) is 4.11. The molecule has 2 aliphatic carbocycles. The normalized spacial score (nSPS) is 48.2. The summed E-state index contributed by atoms with van der Waals surface area (Å²) >= 11 is 0. The molecule has 2 bridgehead atoms. The lowest BCUT2D eigenvalue weighted by Crippen LogP contribution is -2.27. The average Bonchev–Trinajstić information content (AvgIpc) is 2.44. The van der Waals surface area contributed by atoms with Gasteiger partial charge < -0.3 is 5.11 Å². The van der Waals surface area contributed by atoms with Crippen molar-refractivity contribution in [3.63, 3.8) is 0 Å². The first-order chi connectivity index (χ1) is 5.14. The summed E-state index contributed by atoms with van der Waals surface area (Å²) in [6.07, 6.45) is 3.56. The first kappa shape index (κ1) is 7.29. The summed E-state index contributed by atoms with van der Waals surface area (Å²) in [5.74, 6) is 0.718. The number of carbonyl (C=O) groups is 1. The van der Waals surface area contributed by atoms with Gasteiger partial charge in [0.05, 0.1) is 6.10 Å². The van der Waals surface area contributed by atoms with Crippen LogP contribution < -0.4 is 0 Å². The molecule has 0 aromatic rings. The number of Topliss-reactive ketones (excluding diaryl/α,β-unsaturated/α-hetero) is 1. The highest BCUT2D eigenvalue weighted by Gasteiger charge is 2.52. The third-order valence-electron chi connectivity index (χ3n) is 3.54. The van der Waals surface area contributed by atoms with E-state index in [2.05, 4.69) is 0 Å². The largest absolute Gasteiger partial charge is 0.393 e. The average molecular weight is 154 g/mol. The Balaban J connectivity index is 2.23. The summed E-state index contributed by atoms with van der Waals surface area (Å²) in [6.45, 7) is 1.67. The minimum atomic E-state index is -0.187. The standard InChI is InChI=1S/C9H14O2/c1-6(10)9-3-2-7(4-9)8(11)5-9/h7-8,11H,2-5H2,1H3. The van der Waals surface area contributed by atoms with Gasteiger partial charge in [0.25, 0.3) is 0 Å². The molecule has 0 radical (unpaired) electrons. The van der Waals surface area contributed by atoms with Crippen LogP contribution >= 0.6 is 0 Å². The summed E-state index contributed by atoms with van der Waals surface area (Å²) in [5.41, 5.74) is -0.107. The molecule has 0 aromatic carbocycles. The second-order valence-corrected chi connectivity index (χ2v) is 4.11. The molecule has 0 saturated heterocycles. The second kappa shape index (κ2) is 2.07. The third kappa shape index (κ3) is 0.853. The molecule has 2 nitrogen and oxygen atoms in total. The van der Waals surface area contributed by atoms with Crippen molar-refractivity contribution in [3.8, 4) is 0 Å². The minimum Gasteiger partial charge on any atom is -0.393 e. The van der Waals surface area contributed by atoms with E-state index < -0.39 is 0 Å². The third-order valence-corrected chi connectivity index (χ3v) is 3.54. The van der Waals surface area contributed by atoms with Crippen LogP contribution in [0.25, 0.3) is 0 Å².